The molecule has 6 rings (SSSR count). The molecule has 6 aliphatic rings. The van der Waals surface area contributed by atoms with Crippen molar-refractivity contribution in [1.29, 1.82) is 0 Å². The molecule has 0 aromatic heterocycles. The second kappa shape index (κ2) is 28.3. The minimum atomic E-state index is -3.58. The first-order valence-corrected chi connectivity index (χ1v) is 25.4. The van der Waals surface area contributed by atoms with Crippen LogP contribution in [0.15, 0.2) is 0 Å². The number of aliphatic hydroxyl groups is 21. The highest BCUT2D eigenvalue weighted by molar-refractivity contribution is 5.77. The zero-order valence-corrected chi connectivity index (χ0v) is 43.0. The van der Waals surface area contributed by atoms with Gasteiger partial charge in [0.2, 0.25) is 5.91 Å². The Morgan fingerprint density at radius 2 is 0.976 bits per heavy atom. The monoisotopic (exact) mass is 1210 g/mol. The van der Waals surface area contributed by atoms with Crippen LogP contribution in [0.2, 0.25) is 0 Å². The Bertz CT molecular complexity index is 2070. The Kier molecular flexibility index (Phi) is 23.6. The topological polar surface area (TPSA) is 630 Å². The van der Waals surface area contributed by atoms with Gasteiger partial charge >= 0.3 is 11.9 Å². The smallest absolute Gasteiger partial charge is 0.364 e. The van der Waals surface area contributed by atoms with Crippen molar-refractivity contribution in [3.63, 3.8) is 0 Å². The number of ether oxygens (including phenoxy) is 11. The number of amides is 1. The quantitative estimate of drug-likeness (QED) is 0.0452. The zero-order valence-electron chi connectivity index (χ0n) is 43.0. The highest BCUT2D eigenvalue weighted by atomic mass is 16.8. The third kappa shape index (κ3) is 14.1. The zero-order chi connectivity index (χ0) is 61.2. The lowest BCUT2D eigenvalue weighted by atomic mass is 9.89. The van der Waals surface area contributed by atoms with Gasteiger partial charge < -0.3 is 175 Å². The Balaban J connectivity index is 1.51. The van der Waals surface area contributed by atoms with Crippen molar-refractivity contribution >= 4 is 17.8 Å². The fraction of sp³-hybridized carbons (Fsp3) is 0.932. The average molecular weight is 1210 g/mol. The van der Waals surface area contributed by atoms with Crippen LogP contribution in [0, 0.1) is 0 Å². The molecule has 0 bridgehead atoms. The molecule has 0 radical (unpaired) electrons. The van der Waals surface area contributed by atoms with Gasteiger partial charge in [0.05, 0.1) is 51.8 Å². The number of carboxylic acids is 2. The van der Waals surface area contributed by atoms with Crippen molar-refractivity contribution in [3.8, 4) is 0 Å². The average Bonchev–Trinajstić information content (AvgIpc) is 2.59. The van der Waals surface area contributed by atoms with Crippen LogP contribution >= 0.6 is 0 Å². The van der Waals surface area contributed by atoms with Crippen LogP contribution in [0.1, 0.15) is 19.8 Å². The molecular weight excluding hydrogens is 1130 g/mol. The molecule has 1 amide bonds. The molecule has 0 aromatic carbocycles. The van der Waals surface area contributed by atoms with E-state index < -0.39 is 266 Å². The highest BCUT2D eigenvalue weighted by Crippen LogP contribution is 2.43. The minimum Gasteiger partial charge on any atom is -0.477 e. The molecule has 0 unspecified atom stereocenters. The van der Waals surface area contributed by atoms with E-state index >= 15 is 0 Å². The lowest BCUT2D eigenvalue weighted by Gasteiger charge is -2.53. The summed E-state index contributed by atoms with van der Waals surface area (Å²) in [7, 11) is 0. The molecule has 38 nitrogen and oxygen atoms in total. The van der Waals surface area contributed by atoms with Gasteiger partial charge in [-0.05, 0) is 0 Å². The summed E-state index contributed by atoms with van der Waals surface area (Å²) in [5, 5.41) is 250. The molecule has 0 aromatic rings. The molecule has 476 valence electrons. The third-order valence-electron chi connectivity index (χ3n) is 14.7. The predicted molar refractivity (Wildman–Crippen MR) is 245 cm³/mol. The van der Waals surface area contributed by atoms with Crippen LogP contribution in [0.25, 0.3) is 0 Å². The molecule has 6 fully saturated rings. The largest absolute Gasteiger partial charge is 0.477 e. The number of hydrogen-bond acceptors (Lipinski definition) is 35. The summed E-state index contributed by atoms with van der Waals surface area (Å²) in [6.07, 6.45) is -69.5. The van der Waals surface area contributed by atoms with E-state index in [0.29, 0.717) is 0 Å². The normalized spacial score (nSPS) is 47.2. The van der Waals surface area contributed by atoms with Gasteiger partial charge in [-0.1, -0.05) is 0 Å². The standard InChI is InChI=1S/C44H73NO37/c1-10(52)45-19-23(61)21(59)17(8-50)72-37(19)78-35-26(64)25(63)29(12(54)4-46)74-40(35)77-34-28(66)39(75-31(14(56)6-48)36(34)79-38-27(65)24(62)22(60)18(9-51)73-38)76-33-16(3-43(71,41(67)68)81-32(33)15(57)7-49)80-44(42(69)70)2-11(53)20(58)30(82-44)13(55)5-47/h11-40,46-51,53-66,71H,2-9H2,1H3,(H,45,52)(H,67,68)(H,69,70)/t11-,12+,13-,14+,15-,16-,17-,18-,19-,20-,21-,22-,23-,24+,25+,26+,27-,28+,29-,30-,31-,32-,33-,34-,35+,36-,37-,38+,39-,40-,43-,44-/m1/s1. The number of carbonyl (C=O) groups excluding carboxylic acids is 1. The second-order valence-corrected chi connectivity index (χ2v) is 20.4. The van der Waals surface area contributed by atoms with Gasteiger partial charge in [-0.25, -0.2) is 9.59 Å². The van der Waals surface area contributed by atoms with Gasteiger partial charge in [-0.2, -0.15) is 0 Å². The SMILES string of the molecule is CC(=O)N[C@H]1[C@@H](O[C@@H]2[C@@H](O[C@@H]3[C@H](O)[C@@H](O[C@H]4[C@@H]([C@H](O)CO)O[C@@](O)(C(=O)O)C[C@H]4O[C@]4(C(=O)O)C[C@@H](O)[C@@H](O)[C@@H]([C@H](O)CO)O4)O[C@H]([C@@H](O)CO)[C@H]3O[C@@H]3O[C@H](CO)[C@@H](O)[C@H](O)[C@H]3O)O[C@H]([C@@H](O)CO)[C@@H](O)[C@@H]2O)O[C@H](CO)[C@@H](O)[C@@H]1O. The first kappa shape index (κ1) is 68.2. The summed E-state index contributed by atoms with van der Waals surface area (Å²) < 4.78 is 63.6. The Labute approximate surface area is 461 Å². The number of rotatable bonds is 23. The van der Waals surface area contributed by atoms with E-state index in [0.717, 1.165) is 6.92 Å². The van der Waals surface area contributed by atoms with Gasteiger partial charge in [0, 0.05) is 19.8 Å². The first-order chi connectivity index (χ1) is 38.5. The molecule has 0 spiro atoms. The van der Waals surface area contributed by atoms with E-state index in [1.807, 2.05) is 0 Å². The Morgan fingerprint density at radius 1 is 0.488 bits per heavy atom. The van der Waals surface area contributed by atoms with E-state index in [-0.39, 0.29) is 0 Å². The van der Waals surface area contributed by atoms with Crippen LogP contribution in [-0.4, -0.2) is 370 Å². The van der Waals surface area contributed by atoms with Crippen LogP contribution in [-0.2, 0) is 66.5 Å². The summed E-state index contributed by atoms with van der Waals surface area (Å²) >= 11 is 0. The first-order valence-electron chi connectivity index (χ1n) is 25.4. The van der Waals surface area contributed by atoms with E-state index in [9.17, 15) is 132 Å². The van der Waals surface area contributed by atoms with E-state index in [4.69, 9.17) is 52.1 Å². The van der Waals surface area contributed by atoms with Gasteiger partial charge in [-0.15, -0.1) is 0 Å². The molecule has 6 heterocycles. The summed E-state index contributed by atoms with van der Waals surface area (Å²) in [5.74, 6) is -12.4. The number of hydrogen-bond donors (Lipinski definition) is 24. The molecule has 6 saturated heterocycles. The Hall–Kier alpha value is -2.87. The lowest BCUT2D eigenvalue weighted by molar-refractivity contribution is -0.417. The van der Waals surface area contributed by atoms with Gasteiger partial charge in [0.1, 0.15) is 146 Å². The fourth-order valence-electron chi connectivity index (χ4n) is 10.2. The van der Waals surface area contributed by atoms with E-state index in [2.05, 4.69) is 5.32 Å². The van der Waals surface area contributed by atoms with Crippen molar-refractivity contribution in [3.05, 3.63) is 0 Å². The van der Waals surface area contributed by atoms with Crippen LogP contribution in [0.5, 0.6) is 0 Å². The predicted octanol–water partition coefficient (Wildman–Crippen LogP) is -15.5. The molecule has 24 N–H and O–H groups in total. The molecular formula is C44H73NO37. The number of nitrogens with one attached hydrogen (secondary N) is 1. The number of carboxylic acid groups (broad SMARTS) is 2. The highest BCUT2D eigenvalue weighted by Gasteiger charge is 2.64. The number of aliphatic carboxylic acids is 2. The third-order valence-corrected chi connectivity index (χ3v) is 14.7. The Morgan fingerprint density at radius 3 is 1.52 bits per heavy atom. The maximum Gasteiger partial charge on any atom is 0.364 e. The summed E-state index contributed by atoms with van der Waals surface area (Å²) in [4.78, 5) is 38.2. The van der Waals surface area contributed by atoms with Gasteiger partial charge in [-0.3, -0.25) is 4.79 Å². The second-order valence-electron chi connectivity index (χ2n) is 20.4. The maximum absolute atomic E-state index is 13.2. The van der Waals surface area contributed by atoms with E-state index in [1.165, 1.54) is 0 Å². The lowest BCUT2D eigenvalue weighted by Crippen LogP contribution is -2.71. The number of aliphatic hydroxyl groups excluding tert-OH is 20. The van der Waals surface area contributed by atoms with Crippen molar-refractivity contribution < 1.29 is 184 Å². The van der Waals surface area contributed by atoms with Crippen LogP contribution in [0.3, 0.4) is 0 Å². The molecule has 0 saturated carbocycles. The van der Waals surface area contributed by atoms with Crippen molar-refractivity contribution in [2.24, 2.45) is 0 Å². The molecule has 0 aliphatic carbocycles. The van der Waals surface area contributed by atoms with E-state index in [1.54, 1.807) is 0 Å². The maximum atomic E-state index is 13.2. The van der Waals surface area contributed by atoms with Crippen LogP contribution in [0.4, 0.5) is 0 Å². The molecule has 32 atom stereocenters. The minimum absolute atomic E-state index is 0.906. The van der Waals surface area contributed by atoms with Crippen molar-refractivity contribution in [2.45, 2.75) is 215 Å². The summed E-state index contributed by atoms with van der Waals surface area (Å²) in [5.41, 5.74) is 0. The van der Waals surface area contributed by atoms with Crippen LogP contribution < -0.4 is 5.32 Å². The van der Waals surface area contributed by atoms with Gasteiger partial charge in [0.15, 0.2) is 25.2 Å². The summed E-state index contributed by atoms with van der Waals surface area (Å²) in [6, 6.07) is -1.84. The fourth-order valence-corrected chi connectivity index (χ4v) is 10.2. The molecule has 38 heteroatoms. The van der Waals surface area contributed by atoms with Gasteiger partial charge in [0.25, 0.3) is 11.6 Å². The number of carbonyl (C=O) groups is 3. The molecule has 82 heavy (non-hydrogen) atoms. The van der Waals surface area contributed by atoms with Crippen molar-refractivity contribution in [1.82, 2.24) is 5.32 Å². The van der Waals surface area contributed by atoms with Crippen molar-refractivity contribution in [2.75, 3.05) is 39.6 Å². The molecule has 6 aliphatic heterocycles. The summed E-state index contributed by atoms with van der Waals surface area (Å²) in [6.45, 7) is -6.53.